The number of hydrogen-bond donors (Lipinski definition) is 1. The highest BCUT2D eigenvalue weighted by Gasteiger charge is 1.95. The Balaban J connectivity index is 2.76. The molecule has 0 bridgehead atoms. The summed E-state index contributed by atoms with van der Waals surface area (Å²) in [7, 11) is 0. The summed E-state index contributed by atoms with van der Waals surface area (Å²) in [6.45, 7) is 2.12. The molecule has 0 fully saturated rings. The highest BCUT2D eigenvalue weighted by atomic mass is 79.9. The van der Waals surface area contributed by atoms with Crippen LogP contribution in [0.15, 0.2) is 10.7 Å². The number of halogens is 1. The Morgan fingerprint density at radius 1 is 1.75 bits per heavy atom. The van der Waals surface area contributed by atoms with Crippen molar-refractivity contribution in [1.82, 2.24) is 9.97 Å². The average Bonchev–Trinajstić information content (AvgIpc) is 2.07. The van der Waals surface area contributed by atoms with Crippen LogP contribution >= 0.6 is 39.9 Å². The molecule has 0 aromatic carbocycles. The van der Waals surface area contributed by atoms with Crippen molar-refractivity contribution in [2.24, 2.45) is 0 Å². The average molecular weight is 265 g/mol. The van der Waals surface area contributed by atoms with E-state index in [-0.39, 0.29) is 0 Å². The standard InChI is InChI=1S/C7H9BrN2S2/c1-2-12-4-6-9-3-5(8)7(11)10-6/h3H,2,4H2,1H3,(H,9,10,11). The zero-order valence-corrected chi connectivity index (χ0v) is 9.85. The van der Waals surface area contributed by atoms with Gasteiger partial charge in [-0.3, -0.25) is 0 Å². The van der Waals surface area contributed by atoms with Crippen molar-refractivity contribution in [3.63, 3.8) is 0 Å². The number of H-pyrrole nitrogens is 1. The molecule has 0 atom stereocenters. The van der Waals surface area contributed by atoms with E-state index in [4.69, 9.17) is 12.2 Å². The van der Waals surface area contributed by atoms with E-state index in [1.54, 1.807) is 6.20 Å². The van der Waals surface area contributed by atoms with Crippen LogP contribution in [0.5, 0.6) is 0 Å². The van der Waals surface area contributed by atoms with Gasteiger partial charge in [-0.1, -0.05) is 19.1 Å². The summed E-state index contributed by atoms with van der Waals surface area (Å²) in [4.78, 5) is 7.23. The van der Waals surface area contributed by atoms with Gasteiger partial charge in [0.25, 0.3) is 0 Å². The first-order valence-electron chi connectivity index (χ1n) is 3.55. The van der Waals surface area contributed by atoms with Gasteiger partial charge < -0.3 is 4.98 Å². The van der Waals surface area contributed by atoms with Gasteiger partial charge >= 0.3 is 0 Å². The van der Waals surface area contributed by atoms with Crippen molar-refractivity contribution in [2.75, 3.05) is 5.75 Å². The molecule has 0 unspecified atom stereocenters. The fraction of sp³-hybridized carbons (Fsp3) is 0.429. The first kappa shape index (κ1) is 10.2. The fourth-order valence-corrected chi connectivity index (χ4v) is 1.60. The van der Waals surface area contributed by atoms with E-state index < -0.39 is 0 Å². The van der Waals surface area contributed by atoms with Crippen LogP contribution in [0.3, 0.4) is 0 Å². The Hall–Kier alpha value is 0.130. The molecule has 1 aromatic heterocycles. The third-order valence-electron chi connectivity index (χ3n) is 1.25. The molecule has 1 heterocycles. The molecular formula is C7H9BrN2S2. The second-order valence-electron chi connectivity index (χ2n) is 2.14. The summed E-state index contributed by atoms with van der Waals surface area (Å²) < 4.78 is 1.57. The molecule has 0 saturated heterocycles. The predicted molar refractivity (Wildman–Crippen MR) is 59.0 cm³/mol. The van der Waals surface area contributed by atoms with Gasteiger partial charge in [0.2, 0.25) is 0 Å². The quantitative estimate of drug-likeness (QED) is 0.851. The van der Waals surface area contributed by atoms with Crippen LogP contribution in [-0.4, -0.2) is 15.7 Å². The third kappa shape index (κ3) is 2.88. The van der Waals surface area contributed by atoms with Gasteiger partial charge in [-0.2, -0.15) is 11.8 Å². The van der Waals surface area contributed by atoms with Crippen LogP contribution < -0.4 is 0 Å². The number of hydrogen-bond acceptors (Lipinski definition) is 3. The normalized spacial score (nSPS) is 10.2. The van der Waals surface area contributed by atoms with E-state index in [0.717, 1.165) is 26.4 Å². The van der Waals surface area contributed by atoms with Crippen LogP contribution in [-0.2, 0) is 5.75 Å². The smallest absolute Gasteiger partial charge is 0.120 e. The molecule has 0 aliphatic carbocycles. The van der Waals surface area contributed by atoms with Gasteiger partial charge in [-0.15, -0.1) is 0 Å². The summed E-state index contributed by atoms with van der Waals surface area (Å²) in [5.74, 6) is 2.93. The number of aromatic amines is 1. The molecule has 12 heavy (non-hydrogen) atoms. The summed E-state index contributed by atoms with van der Waals surface area (Å²) in [6, 6.07) is 0. The first-order chi connectivity index (χ1) is 5.74. The largest absolute Gasteiger partial charge is 0.333 e. The number of aromatic nitrogens is 2. The maximum Gasteiger partial charge on any atom is 0.120 e. The van der Waals surface area contributed by atoms with Crippen LogP contribution in [0.25, 0.3) is 0 Å². The molecule has 0 spiro atoms. The maximum atomic E-state index is 5.04. The van der Waals surface area contributed by atoms with Crippen LogP contribution in [0.1, 0.15) is 12.7 Å². The van der Waals surface area contributed by atoms with Crippen LogP contribution in [0, 0.1) is 4.64 Å². The maximum absolute atomic E-state index is 5.04. The Morgan fingerprint density at radius 3 is 3.08 bits per heavy atom. The van der Waals surface area contributed by atoms with Gasteiger partial charge in [0.1, 0.15) is 10.5 Å². The Morgan fingerprint density at radius 2 is 2.50 bits per heavy atom. The molecule has 0 aliphatic heterocycles. The minimum Gasteiger partial charge on any atom is -0.333 e. The SMILES string of the molecule is CCSCc1ncc(Br)c(=S)[nH]1. The number of nitrogens with zero attached hydrogens (tertiary/aromatic N) is 1. The van der Waals surface area contributed by atoms with Crippen molar-refractivity contribution in [1.29, 1.82) is 0 Å². The lowest BCUT2D eigenvalue weighted by Crippen LogP contribution is -1.92. The van der Waals surface area contributed by atoms with E-state index in [9.17, 15) is 0 Å². The van der Waals surface area contributed by atoms with E-state index in [0.29, 0.717) is 0 Å². The van der Waals surface area contributed by atoms with Crippen molar-refractivity contribution in [3.8, 4) is 0 Å². The molecule has 1 aromatic rings. The molecule has 0 radical (unpaired) electrons. The molecule has 66 valence electrons. The van der Waals surface area contributed by atoms with Crippen molar-refractivity contribution in [3.05, 3.63) is 21.1 Å². The second kappa shape index (κ2) is 4.99. The fourth-order valence-electron chi connectivity index (χ4n) is 0.688. The molecule has 1 N–H and O–H groups in total. The molecule has 0 amide bonds. The number of nitrogens with one attached hydrogen (secondary N) is 1. The minimum absolute atomic E-state index is 0.719. The molecular weight excluding hydrogens is 256 g/mol. The van der Waals surface area contributed by atoms with Gasteiger partial charge in [-0.05, 0) is 21.7 Å². The van der Waals surface area contributed by atoms with Gasteiger partial charge in [0, 0.05) is 6.20 Å². The number of rotatable bonds is 3. The minimum atomic E-state index is 0.719. The second-order valence-corrected chi connectivity index (χ2v) is 4.68. The lowest BCUT2D eigenvalue weighted by atomic mass is 10.6. The van der Waals surface area contributed by atoms with Crippen LogP contribution in [0.2, 0.25) is 0 Å². The highest BCUT2D eigenvalue weighted by Crippen LogP contribution is 2.11. The molecule has 0 aliphatic rings. The summed E-state index contributed by atoms with van der Waals surface area (Å²) in [5, 5.41) is 0. The molecule has 5 heteroatoms. The molecule has 1 rings (SSSR count). The van der Waals surface area contributed by atoms with E-state index in [2.05, 4.69) is 32.8 Å². The summed E-state index contributed by atoms with van der Waals surface area (Å²) in [5.41, 5.74) is 0. The zero-order valence-electron chi connectivity index (χ0n) is 6.63. The van der Waals surface area contributed by atoms with E-state index in [1.807, 2.05) is 11.8 Å². The highest BCUT2D eigenvalue weighted by molar-refractivity contribution is 9.10. The van der Waals surface area contributed by atoms with E-state index in [1.165, 1.54) is 0 Å². The van der Waals surface area contributed by atoms with Crippen molar-refractivity contribution >= 4 is 39.9 Å². The topological polar surface area (TPSA) is 28.7 Å². The number of thioether (sulfide) groups is 1. The lowest BCUT2D eigenvalue weighted by Gasteiger charge is -1.98. The Bertz CT molecular complexity index is 311. The van der Waals surface area contributed by atoms with Crippen LogP contribution in [0.4, 0.5) is 0 Å². The first-order valence-corrected chi connectivity index (χ1v) is 5.91. The predicted octanol–water partition coefficient (Wildman–Crippen LogP) is 3.15. The summed E-state index contributed by atoms with van der Waals surface area (Å²) in [6.07, 6.45) is 1.74. The van der Waals surface area contributed by atoms with E-state index >= 15 is 0 Å². The van der Waals surface area contributed by atoms with Gasteiger partial charge in [0.15, 0.2) is 0 Å². The molecule has 0 saturated carbocycles. The molecule has 2 nitrogen and oxygen atoms in total. The zero-order chi connectivity index (χ0) is 8.97. The monoisotopic (exact) mass is 264 g/mol. The van der Waals surface area contributed by atoms with Crippen molar-refractivity contribution in [2.45, 2.75) is 12.7 Å². The Kier molecular flexibility index (Phi) is 4.25. The lowest BCUT2D eigenvalue weighted by molar-refractivity contribution is 1.01. The summed E-state index contributed by atoms with van der Waals surface area (Å²) >= 11 is 10.2. The van der Waals surface area contributed by atoms with Gasteiger partial charge in [-0.25, -0.2) is 4.98 Å². The van der Waals surface area contributed by atoms with Crippen molar-refractivity contribution < 1.29 is 0 Å². The van der Waals surface area contributed by atoms with Gasteiger partial charge in [0.05, 0.1) is 10.2 Å². The Labute approximate surface area is 89.3 Å². The third-order valence-corrected chi connectivity index (χ3v) is 3.32.